The molecule has 27 heavy (non-hydrogen) atoms. The maximum atomic E-state index is 12.5. The molecule has 0 spiro atoms. The number of rotatable bonds is 5. The van der Waals surface area contributed by atoms with E-state index < -0.39 is 0 Å². The van der Waals surface area contributed by atoms with Crippen LogP contribution in [0.25, 0.3) is 0 Å². The van der Waals surface area contributed by atoms with E-state index in [1.165, 1.54) is 14.2 Å². The zero-order valence-electron chi connectivity index (χ0n) is 15.8. The highest BCUT2D eigenvalue weighted by Gasteiger charge is 2.25. The van der Waals surface area contributed by atoms with Gasteiger partial charge < -0.3 is 19.7 Å². The lowest BCUT2D eigenvalue weighted by atomic mass is 10.2. The van der Waals surface area contributed by atoms with Gasteiger partial charge in [-0.05, 0) is 0 Å². The number of aliphatic imine (C=N–C) groups is 1. The van der Waals surface area contributed by atoms with Gasteiger partial charge in [0, 0.05) is 43.6 Å². The number of amidine groups is 1. The summed E-state index contributed by atoms with van der Waals surface area (Å²) in [7, 11) is 3.07. The Hall–Kier alpha value is -1.64. The number of methoxy groups -OCH3 is 2. The van der Waals surface area contributed by atoms with Gasteiger partial charge in [-0.25, -0.2) is 0 Å². The van der Waals surface area contributed by atoms with Crippen LogP contribution in [-0.2, 0) is 4.79 Å². The van der Waals surface area contributed by atoms with Crippen molar-refractivity contribution in [3.05, 3.63) is 17.2 Å². The third-order valence-electron chi connectivity index (χ3n) is 4.55. The number of hydrogen-bond acceptors (Lipinski definition) is 7. The van der Waals surface area contributed by atoms with E-state index in [2.05, 4.69) is 27.0 Å². The molecule has 0 unspecified atom stereocenters. The maximum Gasteiger partial charge on any atom is 0.238 e. The fourth-order valence-corrected chi connectivity index (χ4v) is 4.30. The second kappa shape index (κ2) is 9.03. The van der Waals surface area contributed by atoms with Crippen molar-refractivity contribution in [2.75, 3.05) is 58.8 Å². The molecule has 0 aliphatic carbocycles. The smallest absolute Gasteiger partial charge is 0.238 e. The molecule has 3 rings (SSSR count). The second-order valence-corrected chi connectivity index (χ2v) is 8.36. The summed E-state index contributed by atoms with van der Waals surface area (Å²) in [6.45, 7) is 6.88. The molecule has 148 valence electrons. The van der Waals surface area contributed by atoms with Crippen LogP contribution in [0.4, 0.5) is 5.69 Å². The Kier molecular flexibility index (Phi) is 6.73. The summed E-state index contributed by atoms with van der Waals surface area (Å²) < 4.78 is 10.5. The summed E-state index contributed by atoms with van der Waals surface area (Å²) >= 11 is 7.95. The predicted octanol–water partition coefficient (Wildman–Crippen LogP) is 2.40. The molecule has 1 aromatic rings. The molecule has 0 aromatic heterocycles. The number of carbonyl (C=O) groups excluding carboxylic acids is 1. The van der Waals surface area contributed by atoms with Crippen molar-refractivity contribution in [2.24, 2.45) is 4.99 Å². The van der Waals surface area contributed by atoms with E-state index in [4.69, 9.17) is 21.1 Å². The van der Waals surface area contributed by atoms with E-state index in [1.54, 1.807) is 12.1 Å². The zero-order chi connectivity index (χ0) is 19.4. The minimum Gasteiger partial charge on any atom is -0.495 e. The molecule has 2 aliphatic rings. The number of nitrogens with zero attached hydrogens (tertiary/aromatic N) is 3. The monoisotopic (exact) mass is 412 g/mol. The summed E-state index contributed by atoms with van der Waals surface area (Å²) in [5.74, 6) is 0.905. The van der Waals surface area contributed by atoms with Crippen LogP contribution in [0.1, 0.15) is 6.92 Å². The minimum atomic E-state index is -0.0904. The lowest BCUT2D eigenvalue weighted by molar-refractivity contribution is -0.117. The van der Waals surface area contributed by atoms with Crippen LogP contribution in [0.2, 0.25) is 5.02 Å². The maximum absolute atomic E-state index is 12.5. The number of ether oxygens (including phenoxy) is 2. The summed E-state index contributed by atoms with van der Waals surface area (Å²) in [6.07, 6.45) is 0. The Morgan fingerprint density at radius 3 is 2.56 bits per heavy atom. The molecule has 0 radical (unpaired) electrons. The van der Waals surface area contributed by atoms with Crippen LogP contribution in [0.15, 0.2) is 17.1 Å². The van der Waals surface area contributed by atoms with Crippen molar-refractivity contribution in [3.8, 4) is 11.5 Å². The van der Waals surface area contributed by atoms with Crippen molar-refractivity contribution in [1.29, 1.82) is 0 Å². The molecule has 1 fully saturated rings. The Bertz CT molecular complexity index is 723. The molecule has 1 N–H and O–H groups in total. The summed E-state index contributed by atoms with van der Waals surface area (Å²) in [5, 5.41) is 5.04. The van der Waals surface area contributed by atoms with E-state index >= 15 is 0 Å². The molecular weight excluding hydrogens is 388 g/mol. The van der Waals surface area contributed by atoms with E-state index in [1.807, 2.05) is 11.8 Å². The first-order valence-corrected chi connectivity index (χ1v) is 10.2. The SMILES string of the molecule is COc1cc(NC(=O)CN2CCN(C3=NC[C@@H](C)S3)CC2)c(OC)cc1Cl. The van der Waals surface area contributed by atoms with E-state index in [0.29, 0.717) is 34.0 Å². The number of carbonyl (C=O) groups is 1. The van der Waals surface area contributed by atoms with Gasteiger partial charge in [0.1, 0.15) is 11.5 Å². The van der Waals surface area contributed by atoms with E-state index in [-0.39, 0.29) is 5.91 Å². The Morgan fingerprint density at radius 2 is 1.96 bits per heavy atom. The van der Waals surface area contributed by atoms with Crippen molar-refractivity contribution >= 4 is 40.1 Å². The van der Waals surface area contributed by atoms with Gasteiger partial charge in [-0.15, -0.1) is 0 Å². The first-order valence-electron chi connectivity index (χ1n) is 8.90. The highest BCUT2D eigenvalue weighted by molar-refractivity contribution is 8.14. The second-order valence-electron chi connectivity index (χ2n) is 6.55. The van der Waals surface area contributed by atoms with Gasteiger partial charge in [-0.3, -0.25) is 14.7 Å². The van der Waals surface area contributed by atoms with Crippen molar-refractivity contribution in [3.63, 3.8) is 0 Å². The third-order valence-corrected chi connectivity index (χ3v) is 5.99. The fraction of sp³-hybridized carbons (Fsp3) is 0.556. The van der Waals surface area contributed by atoms with Gasteiger partial charge in [0.25, 0.3) is 0 Å². The molecule has 7 nitrogen and oxygen atoms in total. The molecule has 2 heterocycles. The summed E-state index contributed by atoms with van der Waals surface area (Å²) in [4.78, 5) is 21.5. The van der Waals surface area contributed by atoms with Crippen LogP contribution in [0, 0.1) is 0 Å². The molecular formula is C18H25ClN4O3S. The van der Waals surface area contributed by atoms with Gasteiger partial charge in [-0.1, -0.05) is 30.3 Å². The average molecular weight is 413 g/mol. The number of benzene rings is 1. The number of anilines is 1. The largest absolute Gasteiger partial charge is 0.495 e. The first-order chi connectivity index (χ1) is 13.0. The van der Waals surface area contributed by atoms with Crippen LogP contribution < -0.4 is 14.8 Å². The number of amides is 1. The molecule has 1 amide bonds. The number of hydrogen-bond donors (Lipinski definition) is 1. The Morgan fingerprint density at radius 1 is 1.26 bits per heavy atom. The predicted molar refractivity (Wildman–Crippen MR) is 111 cm³/mol. The lowest BCUT2D eigenvalue weighted by Gasteiger charge is -2.35. The average Bonchev–Trinajstić information content (AvgIpc) is 3.09. The first kappa shape index (κ1) is 20.1. The Balaban J connectivity index is 1.53. The van der Waals surface area contributed by atoms with Gasteiger partial charge in [0.15, 0.2) is 5.17 Å². The van der Waals surface area contributed by atoms with Gasteiger partial charge in [0.05, 0.1) is 38.0 Å². The van der Waals surface area contributed by atoms with Crippen LogP contribution in [0.3, 0.4) is 0 Å². The van der Waals surface area contributed by atoms with Gasteiger partial charge in [-0.2, -0.15) is 0 Å². The van der Waals surface area contributed by atoms with Crippen molar-refractivity contribution in [1.82, 2.24) is 9.80 Å². The molecule has 0 saturated carbocycles. The molecule has 1 atom stereocenters. The highest BCUT2D eigenvalue weighted by Crippen LogP contribution is 2.35. The van der Waals surface area contributed by atoms with E-state index in [0.717, 1.165) is 37.9 Å². The number of piperazine rings is 1. The van der Waals surface area contributed by atoms with Gasteiger partial charge >= 0.3 is 0 Å². The molecule has 9 heteroatoms. The highest BCUT2D eigenvalue weighted by atomic mass is 35.5. The summed E-state index contributed by atoms with van der Waals surface area (Å²) in [6, 6.07) is 3.31. The number of thioether (sulfide) groups is 1. The number of nitrogens with one attached hydrogen (secondary N) is 1. The van der Waals surface area contributed by atoms with E-state index in [9.17, 15) is 4.79 Å². The third kappa shape index (κ3) is 5.00. The molecule has 0 bridgehead atoms. The molecule has 1 aromatic carbocycles. The fourth-order valence-electron chi connectivity index (χ4n) is 3.08. The topological polar surface area (TPSA) is 66.4 Å². The summed E-state index contributed by atoms with van der Waals surface area (Å²) in [5.41, 5.74) is 0.549. The van der Waals surface area contributed by atoms with Crippen LogP contribution in [0.5, 0.6) is 11.5 Å². The lowest BCUT2D eigenvalue weighted by Crippen LogP contribution is -2.49. The van der Waals surface area contributed by atoms with Crippen LogP contribution >= 0.6 is 23.4 Å². The van der Waals surface area contributed by atoms with Crippen LogP contribution in [-0.4, -0.2) is 79.6 Å². The zero-order valence-corrected chi connectivity index (χ0v) is 17.4. The number of halogens is 1. The molecule has 1 saturated heterocycles. The Labute approximate surface area is 169 Å². The normalized spacial score (nSPS) is 20.4. The van der Waals surface area contributed by atoms with Gasteiger partial charge in [0.2, 0.25) is 5.91 Å². The quantitative estimate of drug-likeness (QED) is 0.801. The van der Waals surface area contributed by atoms with Crippen molar-refractivity contribution < 1.29 is 14.3 Å². The standard InChI is InChI=1S/C18H25ClN4O3S/c1-12-10-20-18(27-12)23-6-4-22(5-7-23)11-17(24)21-14-9-15(25-2)13(19)8-16(14)26-3/h8-9,12H,4-7,10-11H2,1-3H3,(H,21,24)/t12-/m1/s1. The minimum absolute atomic E-state index is 0.0904. The van der Waals surface area contributed by atoms with Crippen molar-refractivity contribution in [2.45, 2.75) is 12.2 Å². The molecule has 2 aliphatic heterocycles.